The molecule has 0 amide bonds. The number of carboxylic acid groups (broad SMARTS) is 1. The number of benzene rings is 1. The van der Waals surface area contributed by atoms with Crippen LogP contribution in [-0.4, -0.2) is 28.6 Å². The molecule has 2 rings (SSSR count). The molecule has 3 nitrogen and oxygen atoms in total. The van der Waals surface area contributed by atoms with Gasteiger partial charge >= 0.3 is 5.97 Å². The topological polar surface area (TPSA) is 40.5 Å². The van der Waals surface area contributed by atoms with E-state index in [0.717, 1.165) is 24.9 Å². The monoisotopic (exact) mass is 275 g/mol. The normalized spacial score (nSPS) is 19.9. The molecule has 1 aliphatic rings. The molecule has 0 radical (unpaired) electrons. The maximum atomic E-state index is 11.0. The largest absolute Gasteiger partial charge is 0.480 e. The van der Waals surface area contributed by atoms with Crippen LogP contribution in [-0.2, 0) is 11.3 Å². The third kappa shape index (κ3) is 3.60. The molecule has 1 heterocycles. The number of likely N-dealkylation sites (tertiary alicyclic amines) is 1. The second-order valence-corrected chi connectivity index (χ2v) is 4.53. The van der Waals surface area contributed by atoms with Gasteiger partial charge in [-0.05, 0) is 37.1 Å². The van der Waals surface area contributed by atoms with Gasteiger partial charge in [0.2, 0.25) is 0 Å². The standard InChI is InChI=1S/C12H14ClNO2.ClH/c13-10-5-3-9(4-6-10)8-14-7-1-2-11(14)12(15)16;/h3-6,11H,1-2,7-8H2,(H,15,16);1H/t11-;/m0./s1. The summed E-state index contributed by atoms with van der Waals surface area (Å²) in [4.78, 5) is 13.0. The predicted octanol–water partition coefficient (Wildman–Crippen LogP) is 2.81. The minimum absolute atomic E-state index is 0. The average molecular weight is 276 g/mol. The highest BCUT2D eigenvalue weighted by Crippen LogP contribution is 2.20. The van der Waals surface area contributed by atoms with Crippen LogP contribution in [0.1, 0.15) is 18.4 Å². The molecular weight excluding hydrogens is 261 g/mol. The molecule has 17 heavy (non-hydrogen) atoms. The Hall–Kier alpha value is -0.770. The van der Waals surface area contributed by atoms with E-state index in [1.807, 2.05) is 29.2 Å². The van der Waals surface area contributed by atoms with Crippen molar-refractivity contribution in [1.29, 1.82) is 0 Å². The van der Waals surface area contributed by atoms with Crippen molar-refractivity contribution in [2.75, 3.05) is 6.54 Å². The Labute approximate surface area is 112 Å². The molecule has 0 bridgehead atoms. The Morgan fingerprint density at radius 2 is 2.06 bits per heavy atom. The Bertz CT molecular complexity index is 381. The van der Waals surface area contributed by atoms with Gasteiger partial charge in [0.25, 0.3) is 0 Å². The van der Waals surface area contributed by atoms with Gasteiger partial charge in [0, 0.05) is 11.6 Å². The van der Waals surface area contributed by atoms with Crippen LogP contribution in [0, 0.1) is 0 Å². The van der Waals surface area contributed by atoms with E-state index in [1.54, 1.807) is 0 Å². The first-order valence-electron chi connectivity index (χ1n) is 5.38. The molecule has 0 unspecified atom stereocenters. The third-order valence-electron chi connectivity index (χ3n) is 2.95. The number of rotatable bonds is 3. The summed E-state index contributed by atoms with van der Waals surface area (Å²) in [6.45, 7) is 1.55. The molecule has 94 valence electrons. The summed E-state index contributed by atoms with van der Waals surface area (Å²) in [5.41, 5.74) is 1.11. The summed E-state index contributed by atoms with van der Waals surface area (Å²) >= 11 is 5.80. The maximum Gasteiger partial charge on any atom is 0.320 e. The van der Waals surface area contributed by atoms with E-state index in [-0.39, 0.29) is 18.4 Å². The number of carboxylic acids is 1. The van der Waals surface area contributed by atoms with Crippen molar-refractivity contribution in [2.24, 2.45) is 0 Å². The molecular formula is C12H15Cl2NO2. The molecule has 0 aromatic heterocycles. The zero-order chi connectivity index (χ0) is 11.5. The lowest BCUT2D eigenvalue weighted by Gasteiger charge is -2.20. The van der Waals surface area contributed by atoms with E-state index in [4.69, 9.17) is 16.7 Å². The van der Waals surface area contributed by atoms with Crippen molar-refractivity contribution in [3.63, 3.8) is 0 Å². The lowest BCUT2D eigenvalue weighted by Crippen LogP contribution is -2.35. The van der Waals surface area contributed by atoms with Crippen LogP contribution in [0.4, 0.5) is 0 Å². The second kappa shape index (κ2) is 6.24. The van der Waals surface area contributed by atoms with Crippen molar-refractivity contribution in [2.45, 2.75) is 25.4 Å². The molecule has 1 N–H and O–H groups in total. The zero-order valence-electron chi connectivity index (χ0n) is 9.30. The number of hydrogen-bond donors (Lipinski definition) is 1. The highest BCUT2D eigenvalue weighted by molar-refractivity contribution is 6.30. The fourth-order valence-electron chi connectivity index (χ4n) is 2.12. The minimum atomic E-state index is -0.716. The van der Waals surface area contributed by atoms with E-state index in [0.29, 0.717) is 11.6 Å². The zero-order valence-corrected chi connectivity index (χ0v) is 10.9. The van der Waals surface area contributed by atoms with Gasteiger partial charge < -0.3 is 5.11 Å². The molecule has 1 saturated heterocycles. The van der Waals surface area contributed by atoms with Crippen molar-refractivity contribution in [3.8, 4) is 0 Å². The van der Waals surface area contributed by atoms with Crippen LogP contribution >= 0.6 is 24.0 Å². The lowest BCUT2D eigenvalue weighted by atomic mass is 10.2. The molecule has 1 atom stereocenters. The fraction of sp³-hybridized carbons (Fsp3) is 0.417. The summed E-state index contributed by atoms with van der Waals surface area (Å²) in [5, 5.41) is 9.75. The highest BCUT2D eigenvalue weighted by atomic mass is 35.5. The van der Waals surface area contributed by atoms with Gasteiger partial charge in [-0.2, -0.15) is 0 Å². The van der Waals surface area contributed by atoms with Gasteiger partial charge in [-0.1, -0.05) is 23.7 Å². The van der Waals surface area contributed by atoms with Crippen molar-refractivity contribution in [3.05, 3.63) is 34.9 Å². The first-order chi connectivity index (χ1) is 7.66. The van der Waals surface area contributed by atoms with Crippen LogP contribution in [0.2, 0.25) is 5.02 Å². The molecule has 0 aliphatic carbocycles. The van der Waals surface area contributed by atoms with Crippen LogP contribution in [0.5, 0.6) is 0 Å². The number of hydrogen-bond acceptors (Lipinski definition) is 2. The first-order valence-corrected chi connectivity index (χ1v) is 5.76. The third-order valence-corrected chi connectivity index (χ3v) is 3.20. The summed E-state index contributed by atoms with van der Waals surface area (Å²) in [7, 11) is 0. The molecule has 5 heteroatoms. The van der Waals surface area contributed by atoms with E-state index in [1.165, 1.54) is 0 Å². The van der Waals surface area contributed by atoms with Gasteiger partial charge in [0.1, 0.15) is 6.04 Å². The van der Waals surface area contributed by atoms with Crippen molar-refractivity contribution < 1.29 is 9.90 Å². The van der Waals surface area contributed by atoms with Crippen LogP contribution in [0.3, 0.4) is 0 Å². The number of carbonyl (C=O) groups is 1. The van der Waals surface area contributed by atoms with E-state index < -0.39 is 5.97 Å². The van der Waals surface area contributed by atoms with Gasteiger partial charge in [-0.3, -0.25) is 9.69 Å². The van der Waals surface area contributed by atoms with Gasteiger partial charge in [-0.25, -0.2) is 0 Å². The summed E-state index contributed by atoms with van der Waals surface area (Å²) in [5.74, 6) is -0.716. The summed E-state index contributed by atoms with van der Waals surface area (Å²) in [6, 6.07) is 7.24. The van der Waals surface area contributed by atoms with Crippen LogP contribution in [0.15, 0.2) is 24.3 Å². The van der Waals surface area contributed by atoms with Gasteiger partial charge in [-0.15, -0.1) is 12.4 Å². The Kier molecular flexibility index (Phi) is 5.25. The quantitative estimate of drug-likeness (QED) is 0.922. The van der Waals surface area contributed by atoms with Crippen molar-refractivity contribution >= 4 is 30.0 Å². The predicted molar refractivity (Wildman–Crippen MR) is 69.8 cm³/mol. The SMILES string of the molecule is Cl.O=C(O)[C@@H]1CCCN1Cc1ccc(Cl)cc1. The Morgan fingerprint density at radius 3 is 2.65 bits per heavy atom. The molecule has 1 aromatic carbocycles. The summed E-state index contributed by atoms with van der Waals surface area (Å²) < 4.78 is 0. The van der Waals surface area contributed by atoms with E-state index in [2.05, 4.69) is 0 Å². The van der Waals surface area contributed by atoms with Crippen LogP contribution < -0.4 is 0 Å². The summed E-state index contributed by atoms with van der Waals surface area (Å²) in [6.07, 6.45) is 1.72. The molecule has 1 fully saturated rings. The molecule has 0 spiro atoms. The average Bonchev–Trinajstić information content (AvgIpc) is 2.69. The smallest absolute Gasteiger partial charge is 0.320 e. The highest BCUT2D eigenvalue weighted by Gasteiger charge is 2.29. The van der Waals surface area contributed by atoms with Gasteiger partial charge in [0.05, 0.1) is 0 Å². The minimum Gasteiger partial charge on any atom is -0.480 e. The molecule has 0 saturated carbocycles. The number of nitrogens with zero attached hydrogens (tertiary/aromatic N) is 1. The Balaban J connectivity index is 0.00000144. The van der Waals surface area contributed by atoms with E-state index >= 15 is 0 Å². The number of halogens is 2. The molecule has 1 aliphatic heterocycles. The maximum absolute atomic E-state index is 11.0. The first kappa shape index (κ1) is 14.3. The van der Waals surface area contributed by atoms with Crippen molar-refractivity contribution in [1.82, 2.24) is 4.90 Å². The Morgan fingerprint density at radius 1 is 1.41 bits per heavy atom. The van der Waals surface area contributed by atoms with Crippen LogP contribution in [0.25, 0.3) is 0 Å². The second-order valence-electron chi connectivity index (χ2n) is 4.09. The lowest BCUT2D eigenvalue weighted by molar-refractivity contribution is -0.142. The fourth-order valence-corrected chi connectivity index (χ4v) is 2.25. The van der Waals surface area contributed by atoms with Gasteiger partial charge in [0.15, 0.2) is 0 Å². The number of aliphatic carboxylic acids is 1. The molecule has 1 aromatic rings. The van der Waals surface area contributed by atoms with E-state index in [9.17, 15) is 4.79 Å².